The molecule has 2 unspecified atom stereocenters. The van der Waals surface area contributed by atoms with Gasteiger partial charge in [0, 0.05) is 25.7 Å². The van der Waals surface area contributed by atoms with E-state index in [1.807, 2.05) is 0 Å². The Bertz CT molecular complexity index is 179. The van der Waals surface area contributed by atoms with E-state index in [0.29, 0.717) is 0 Å². The minimum Gasteiger partial charge on any atom is -0.315 e. The average Bonchev–Trinajstić information content (AvgIpc) is 2.73. The van der Waals surface area contributed by atoms with E-state index < -0.39 is 0 Å². The van der Waals surface area contributed by atoms with Crippen LogP contribution in [-0.2, 0) is 0 Å². The molecule has 0 aromatic heterocycles. The summed E-state index contributed by atoms with van der Waals surface area (Å²) in [5.74, 6) is 1.83. The molecule has 1 aliphatic heterocycles. The first kappa shape index (κ1) is 10.4. The SMILES string of the molecule is CC(C)CNCCN1CC2CCC1C2. The van der Waals surface area contributed by atoms with Crippen molar-refractivity contribution < 1.29 is 0 Å². The number of nitrogens with one attached hydrogen (secondary N) is 1. The predicted octanol–water partition coefficient (Wildman–Crippen LogP) is 1.72. The van der Waals surface area contributed by atoms with Crippen molar-refractivity contribution in [3.8, 4) is 0 Å². The number of rotatable bonds is 5. The van der Waals surface area contributed by atoms with E-state index in [-0.39, 0.29) is 0 Å². The molecule has 0 amide bonds. The molecule has 2 heteroatoms. The maximum Gasteiger partial charge on any atom is 0.0110 e. The van der Waals surface area contributed by atoms with Crippen molar-refractivity contribution in [2.45, 2.75) is 39.2 Å². The lowest BCUT2D eigenvalue weighted by Crippen LogP contribution is -2.38. The number of fused-ring (bicyclic) bond motifs is 2. The molecule has 2 nitrogen and oxygen atoms in total. The summed E-state index contributed by atoms with van der Waals surface area (Å²) in [7, 11) is 0. The molecule has 82 valence electrons. The Morgan fingerprint density at radius 2 is 2.21 bits per heavy atom. The van der Waals surface area contributed by atoms with Gasteiger partial charge in [0.2, 0.25) is 0 Å². The molecule has 1 saturated heterocycles. The zero-order chi connectivity index (χ0) is 9.97. The molecule has 2 rings (SSSR count). The molecular weight excluding hydrogens is 172 g/mol. The van der Waals surface area contributed by atoms with Crippen LogP contribution in [0.4, 0.5) is 0 Å². The second-order valence-corrected chi connectivity index (χ2v) is 5.43. The summed E-state index contributed by atoms with van der Waals surface area (Å²) in [6.07, 6.45) is 4.46. The van der Waals surface area contributed by atoms with Gasteiger partial charge in [-0.15, -0.1) is 0 Å². The minimum atomic E-state index is 0.782. The lowest BCUT2D eigenvalue weighted by atomic mass is 10.1. The standard InChI is InChI=1S/C12H24N2/c1-10(2)8-13-5-6-14-9-11-3-4-12(14)7-11/h10-13H,3-9H2,1-2H3. The summed E-state index contributed by atoms with van der Waals surface area (Å²) in [5, 5.41) is 3.53. The van der Waals surface area contributed by atoms with Crippen LogP contribution < -0.4 is 5.32 Å². The monoisotopic (exact) mass is 196 g/mol. The maximum absolute atomic E-state index is 3.53. The fourth-order valence-electron chi connectivity index (χ4n) is 2.91. The van der Waals surface area contributed by atoms with Gasteiger partial charge in [0.05, 0.1) is 0 Å². The topological polar surface area (TPSA) is 15.3 Å². The van der Waals surface area contributed by atoms with Gasteiger partial charge in [-0.25, -0.2) is 0 Å². The number of hydrogen-bond donors (Lipinski definition) is 1. The Morgan fingerprint density at radius 1 is 1.36 bits per heavy atom. The first-order valence-electron chi connectivity index (χ1n) is 6.20. The van der Waals surface area contributed by atoms with Crippen molar-refractivity contribution in [3.63, 3.8) is 0 Å². The Morgan fingerprint density at radius 3 is 2.79 bits per heavy atom. The first-order valence-corrected chi connectivity index (χ1v) is 6.20. The Kier molecular flexibility index (Phi) is 3.45. The van der Waals surface area contributed by atoms with E-state index in [0.717, 1.165) is 17.9 Å². The van der Waals surface area contributed by atoms with Gasteiger partial charge in [-0.3, -0.25) is 4.90 Å². The average molecular weight is 196 g/mol. The molecule has 1 saturated carbocycles. The molecular formula is C12H24N2. The second-order valence-electron chi connectivity index (χ2n) is 5.43. The summed E-state index contributed by atoms with van der Waals surface area (Å²) in [6.45, 7) is 9.54. The van der Waals surface area contributed by atoms with Crippen LogP contribution in [0.2, 0.25) is 0 Å². The minimum absolute atomic E-state index is 0.782. The molecule has 1 heterocycles. The molecule has 1 N–H and O–H groups in total. The van der Waals surface area contributed by atoms with Crippen LogP contribution in [0, 0.1) is 11.8 Å². The van der Waals surface area contributed by atoms with Crippen molar-refractivity contribution >= 4 is 0 Å². The molecule has 0 radical (unpaired) electrons. The van der Waals surface area contributed by atoms with Crippen molar-refractivity contribution in [1.82, 2.24) is 10.2 Å². The molecule has 0 aromatic rings. The zero-order valence-corrected chi connectivity index (χ0v) is 9.63. The lowest BCUT2D eigenvalue weighted by molar-refractivity contribution is 0.213. The summed E-state index contributed by atoms with van der Waals surface area (Å²) in [6, 6.07) is 0.945. The second kappa shape index (κ2) is 4.63. The van der Waals surface area contributed by atoms with Crippen molar-refractivity contribution in [1.29, 1.82) is 0 Å². The van der Waals surface area contributed by atoms with Gasteiger partial charge in [-0.05, 0) is 37.6 Å². The fraction of sp³-hybridized carbons (Fsp3) is 1.00. The molecule has 2 atom stereocenters. The van der Waals surface area contributed by atoms with Crippen molar-refractivity contribution in [2.24, 2.45) is 11.8 Å². The highest BCUT2D eigenvalue weighted by Crippen LogP contribution is 2.36. The Labute approximate surface area is 88.1 Å². The highest BCUT2D eigenvalue weighted by Gasteiger charge is 2.36. The van der Waals surface area contributed by atoms with E-state index in [9.17, 15) is 0 Å². The van der Waals surface area contributed by atoms with Gasteiger partial charge in [-0.2, -0.15) is 0 Å². The van der Waals surface area contributed by atoms with Gasteiger partial charge in [0.25, 0.3) is 0 Å². The van der Waals surface area contributed by atoms with Crippen molar-refractivity contribution in [2.75, 3.05) is 26.2 Å². The Balaban J connectivity index is 1.58. The highest BCUT2D eigenvalue weighted by molar-refractivity contribution is 4.91. The van der Waals surface area contributed by atoms with Gasteiger partial charge in [0.1, 0.15) is 0 Å². The molecule has 1 aliphatic carbocycles. The number of nitrogens with zero attached hydrogens (tertiary/aromatic N) is 1. The molecule has 0 spiro atoms. The smallest absolute Gasteiger partial charge is 0.0110 e. The maximum atomic E-state index is 3.53. The van der Waals surface area contributed by atoms with Crippen LogP contribution in [0.1, 0.15) is 33.1 Å². The molecule has 0 aromatic carbocycles. The normalized spacial score (nSPS) is 31.9. The predicted molar refractivity (Wildman–Crippen MR) is 60.4 cm³/mol. The van der Waals surface area contributed by atoms with Crippen LogP contribution in [-0.4, -0.2) is 37.1 Å². The number of hydrogen-bond acceptors (Lipinski definition) is 2. The van der Waals surface area contributed by atoms with Crippen LogP contribution in [0.5, 0.6) is 0 Å². The van der Waals surface area contributed by atoms with E-state index in [2.05, 4.69) is 24.1 Å². The number of piperidine rings is 1. The van der Waals surface area contributed by atoms with Crippen molar-refractivity contribution in [3.05, 3.63) is 0 Å². The van der Waals surface area contributed by atoms with Crippen LogP contribution >= 0.6 is 0 Å². The molecule has 2 bridgehead atoms. The van der Waals surface area contributed by atoms with Gasteiger partial charge >= 0.3 is 0 Å². The third-order valence-electron chi connectivity index (χ3n) is 3.65. The zero-order valence-electron chi connectivity index (χ0n) is 9.63. The van der Waals surface area contributed by atoms with Crippen LogP contribution in [0.15, 0.2) is 0 Å². The number of likely N-dealkylation sites (tertiary alicyclic amines) is 1. The third-order valence-corrected chi connectivity index (χ3v) is 3.65. The van der Waals surface area contributed by atoms with Crippen LogP contribution in [0.3, 0.4) is 0 Å². The van der Waals surface area contributed by atoms with Gasteiger partial charge in [0.15, 0.2) is 0 Å². The van der Waals surface area contributed by atoms with Gasteiger partial charge < -0.3 is 5.32 Å². The quantitative estimate of drug-likeness (QED) is 0.674. The largest absolute Gasteiger partial charge is 0.315 e. The van der Waals surface area contributed by atoms with E-state index >= 15 is 0 Å². The fourth-order valence-corrected chi connectivity index (χ4v) is 2.91. The molecule has 2 fully saturated rings. The van der Waals surface area contributed by atoms with Crippen LogP contribution in [0.25, 0.3) is 0 Å². The van der Waals surface area contributed by atoms with Gasteiger partial charge in [-0.1, -0.05) is 13.8 Å². The van der Waals surface area contributed by atoms with E-state index in [1.54, 1.807) is 0 Å². The molecule has 14 heavy (non-hydrogen) atoms. The summed E-state index contributed by atoms with van der Waals surface area (Å²) >= 11 is 0. The van der Waals surface area contributed by atoms with E-state index in [1.165, 1.54) is 45.4 Å². The molecule has 2 aliphatic rings. The van der Waals surface area contributed by atoms with E-state index in [4.69, 9.17) is 0 Å². The summed E-state index contributed by atoms with van der Waals surface area (Å²) < 4.78 is 0. The highest BCUT2D eigenvalue weighted by atomic mass is 15.2. The summed E-state index contributed by atoms with van der Waals surface area (Å²) in [4.78, 5) is 2.70. The summed E-state index contributed by atoms with van der Waals surface area (Å²) in [5.41, 5.74) is 0. The first-order chi connectivity index (χ1) is 6.75. The third kappa shape index (κ3) is 2.48. The Hall–Kier alpha value is -0.0800. The lowest BCUT2D eigenvalue weighted by Gasteiger charge is -2.26.